The van der Waals surface area contributed by atoms with Crippen molar-refractivity contribution in [1.29, 1.82) is 0 Å². The van der Waals surface area contributed by atoms with E-state index < -0.39 is 0 Å². The second-order valence-corrected chi connectivity index (χ2v) is 4.28. The molecule has 0 aliphatic heterocycles. The van der Waals surface area contributed by atoms with Gasteiger partial charge in [0.2, 0.25) is 0 Å². The number of carbonyl (C=O) groups excluding carboxylic acids is 1. The number of nitrogens with one attached hydrogen (secondary N) is 1. The van der Waals surface area contributed by atoms with Crippen molar-refractivity contribution < 1.29 is 9.90 Å². The molecule has 1 atom stereocenters. The molecule has 0 radical (unpaired) electrons. The molecule has 0 aromatic heterocycles. The Labute approximate surface area is 100 Å². The van der Waals surface area contributed by atoms with Crippen LogP contribution in [0.4, 0.5) is 0 Å². The smallest absolute Gasteiger partial charge is 0.251 e. The van der Waals surface area contributed by atoms with E-state index >= 15 is 0 Å². The van der Waals surface area contributed by atoms with Gasteiger partial charge in [0, 0.05) is 18.0 Å². The molecular weight excluding hydrogens is 226 g/mol. The molecule has 0 heterocycles. The maximum atomic E-state index is 11.7. The highest BCUT2D eigenvalue weighted by molar-refractivity contribution is 6.18. The predicted octanol–water partition coefficient (Wildman–Crippen LogP) is 2.31. The van der Waals surface area contributed by atoms with Gasteiger partial charge in [-0.15, -0.1) is 11.6 Å². The van der Waals surface area contributed by atoms with Gasteiger partial charge < -0.3 is 10.4 Å². The van der Waals surface area contributed by atoms with E-state index in [2.05, 4.69) is 5.32 Å². The van der Waals surface area contributed by atoms with Crippen molar-refractivity contribution in [1.82, 2.24) is 5.32 Å². The molecule has 0 aliphatic carbocycles. The maximum Gasteiger partial charge on any atom is 0.251 e. The lowest BCUT2D eigenvalue weighted by molar-refractivity contribution is 0.0949. The molecule has 0 bridgehead atoms. The number of phenolic OH excluding ortho intramolecular Hbond substituents is 1. The number of phenols is 1. The number of carbonyl (C=O) groups is 1. The number of amides is 1. The molecule has 88 valence electrons. The van der Waals surface area contributed by atoms with Gasteiger partial charge in [0.15, 0.2) is 0 Å². The van der Waals surface area contributed by atoms with Crippen LogP contribution in [0.25, 0.3) is 0 Å². The van der Waals surface area contributed by atoms with Gasteiger partial charge >= 0.3 is 0 Å². The number of aromatic hydroxyl groups is 1. The summed E-state index contributed by atoms with van der Waals surface area (Å²) in [5.41, 5.74) is 1.25. The van der Waals surface area contributed by atoms with Gasteiger partial charge in [0.25, 0.3) is 5.91 Å². The lowest BCUT2D eigenvalue weighted by Gasteiger charge is -2.10. The highest BCUT2D eigenvalue weighted by Gasteiger charge is 2.08. The SMILES string of the molecule is Cc1cc(C(=O)NCC(C)CCl)ccc1O. The summed E-state index contributed by atoms with van der Waals surface area (Å²) in [7, 11) is 0. The van der Waals surface area contributed by atoms with Crippen molar-refractivity contribution in [2.45, 2.75) is 13.8 Å². The molecule has 0 spiro atoms. The maximum absolute atomic E-state index is 11.7. The van der Waals surface area contributed by atoms with Crippen LogP contribution in [0, 0.1) is 12.8 Å². The summed E-state index contributed by atoms with van der Waals surface area (Å²) in [6, 6.07) is 4.79. The number of hydrogen-bond donors (Lipinski definition) is 2. The van der Waals surface area contributed by atoms with E-state index in [-0.39, 0.29) is 17.6 Å². The van der Waals surface area contributed by atoms with Gasteiger partial charge in [-0.25, -0.2) is 0 Å². The van der Waals surface area contributed by atoms with Crippen LogP contribution in [0.3, 0.4) is 0 Å². The zero-order valence-electron chi connectivity index (χ0n) is 9.46. The Morgan fingerprint density at radius 3 is 2.81 bits per heavy atom. The van der Waals surface area contributed by atoms with Crippen LogP contribution < -0.4 is 5.32 Å². The van der Waals surface area contributed by atoms with E-state index in [4.69, 9.17) is 11.6 Å². The summed E-state index contributed by atoms with van der Waals surface area (Å²) < 4.78 is 0. The second-order valence-electron chi connectivity index (χ2n) is 3.97. The van der Waals surface area contributed by atoms with E-state index in [9.17, 15) is 9.90 Å². The fourth-order valence-corrected chi connectivity index (χ4v) is 1.33. The van der Waals surface area contributed by atoms with E-state index in [0.29, 0.717) is 23.6 Å². The lowest BCUT2D eigenvalue weighted by Crippen LogP contribution is -2.28. The van der Waals surface area contributed by atoms with Gasteiger partial charge in [0.1, 0.15) is 5.75 Å². The van der Waals surface area contributed by atoms with E-state index in [1.54, 1.807) is 19.1 Å². The van der Waals surface area contributed by atoms with Crippen molar-refractivity contribution in [3.8, 4) is 5.75 Å². The van der Waals surface area contributed by atoms with Crippen LogP contribution in [-0.2, 0) is 0 Å². The summed E-state index contributed by atoms with van der Waals surface area (Å²) in [5.74, 6) is 0.837. The molecule has 1 unspecified atom stereocenters. The van der Waals surface area contributed by atoms with E-state index in [0.717, 1.165) is 0 Å². The largest absolute Gasteiger partial charge is 0.508 e. The molecule has 16 heavy (non-hydrogen) atoms. The first kappa shape index (κ1) is 12.8. The fourth-order valence-electron chi connectivity index (χ4n) is 1.22. The topological polar surface area (TPSA) is 49.3 Å². The summed E-state index contributed by atoms with van der Waals surface area (Å²) >= 11 is 5.64. The number of benzene rings is 1. The molecule has 0 saturated heterocycles. The average Bonchev–Trinajstić information content (AvgIpc) is 2.29. The van der Waals surface area contributed by atoms with Crippen molar-refractivity contribution in [3.05, 3.63) is 29.3 Å². The molecule has 1 amide bonds. The van der Waals surface area contributed by atoms with Crippen LogP contribution in [0.2, 0.25) is 0 Å². The molecule has 1 rings (SSSR count). The first-order valence-electron chi connectivity index (χ1n) is 5.18. The molecule has 0 aliphatic rings. The zero-order chi connectivity index (χ0) is 12.1. The number of aryl methyl sites for hydroxylation is 1. The van der Waals surface area contributed by atoms with Gasteiger partial charge in [-0.3, -0.25) is 4.79 Å². The van der Waals surface area contributed by atoms with Crippen molar-refractivity contribution in [2.24, 2.45) is 5.92 Å². The molecule has 4 heteroatoms. The van der Waals surface area contributed by atoms with Crippen LogP contribution in [0.1, 0.15) is 22.8 Å². The molecular formula is C12H16ClNO2. The first-order valence-corrected chi connectivity index (χ1v) is 5.71. The Morgan fingerprint density at radius 2 is 2.25 bits per heavy atom. The third-order valence-corrected chi connectivity index (χ3v) is 2.86. The molecule has 0 saturated carbocycles. The van der Waals surface area contributed by atoms with Crippen molar-refractivity contribution in [2.75, 3.05) is 12.4 Å². The van der Waals surface area contributed by atoms with Crippen LogP contribution in [-0.4, -0.2) is 23.4 Å². The minimum Gasteiger partial charge on any atom is -0.508 e. The summed E-state index contributed by atoms with van der Waals surface area (Å²) in [6.45, 7) is 4.28. The molecule has 1 aromatic carbocycles. The number of alkyl halides is 1. The number of rotatable bonds is 4. The minimum absolute atomic E-state index is 0.139. The first-order chi connectivity index (χ1) is 7.54. The third kappa shape index (κ3) is 3.42. The number of hydrogen-bond acceptors (Lipinski definition) is 2. The molecule has 2 N–H and O–H groups in total. The predicted molar refractivity (Wildman–Crippen MR) is 65.1 cm³/mol. The van der Waals surface area contributed by atoms with E-state index in [1.807, 2.05) is 6.92 Å². The molecule has 3 nitrogen and oxygen atoms in total. The van der Waals surface area contributed by atoms with Crippen molar-refractivity contribution >= 4 is 17.5 Å². The van der Waals surface area contributed by atoms with Crippen LogP contribution >= 0.6 is 11.6 Å². The van der Waals surface area contributed by atoms with Crippen LogP contribution in [0.15, 0.2) is 18.2 Å². The minimum atomic E-state index is -0.139. The van der Waals surface area contributed by atoms with Gasteiger partial charge in [-0.05, 0) is 36.6 Å². The average molecular weight is 242 g/mol. The summed E-state index contributed by atoms with van der Waals surface area (Å²) in [4.78, 5) is 11.7. The highest BCUT2D eigenvalue weighted by Crippen LogP contribution is 2.16. The Kier molecular flexibility index (Phi) is 4.62. The standard InChI is InChI=1S/C12H16ClNO2/c1-8(6-13)7-14-12(16)10-3-4-11(15)9(2)5-10/h3-5,8,15H,6-7H2,1-2H3,(H,14,16). The van der Waals surface area contributed by atoms with Gasteiger partial charge in [-0.1, -0.05) is 6.92 Å². The van der Waals surface area contributed by atoms with Gasteiger partial charge in [0.05, 0.1) is 0 Å². The summed E-state index contributed by atoms with van der Waals surface area (Å²) in [5, 5.41) is 12.1. The lowest BCUT2D eigenvalue weighted by atomic mass is 10.1. The Bertz CT molecular complexity index is 379. The van der Waals surface area contributed by atoms with Gasteiger partial charge in [-0.2, -0.15) is 0 Å². The molecule has 1 aromatic rings. The third-order valence-electron chi connectivity index (χ3n) is 2.33. The fraction of sp³-hybridized carbons (Fsp3) is 0.417. The zero-order valence-corrected chi connectivity index (χ0v) is 10.2. The Morgan fingerprint density at radius 1 is 1.56 bits per heavy atom. The van der Waals surface area contributed by atoms with Crippen LogP contribution in [0.5, 0.6) is 5.75 Å². The van der Waals surface area contributed by atoms with E-state index in [1.165, 1.54) is 6.07 Å². The quantitative estimate of drug-likeness (QED) is 0.795. The number of halogens is 1. The summed E-state index contributed by atoms with van der Waals surface area (Å²) in [6.07, 6.45) is 0. The monoisotopic (exact) mass is 241 g/mol. The highest BCUT2D eigenvalue weighted by atomic mass is 35.5. The Balaban J connectivity index is 2.63. The molecule has 0 fully saturated rings. The Hall–Kier alpha value is -1.22. The normalized spacial score (nSPS) is 12.2. The second kappa shape index (κ2) is 5.75. The van der Waals surface area contributed by atoms with Crippen molar-refractivity contribution in [3.63, 3.8) is 0 Å².